The van der Waals surface area contributed by atoms with Crippen molar-refractivity contribution in [1.29, 1.82) is 0 Å². The highest BCUT2D eigenvalue weighted by molar-refractivity contribution is 5.84. The van der Waals surface area contributed by atoms with Gasteiger partial charge >= 0.3 is 0 Å². The van der Waals surface area contributed by atoms with E-state index in [1.165, 1.54) is 12.8 Å². The highest BCUT2D eigenvalue weighted by Crippen LogP contribution is 2.66. The summed E-state index contributed by atoms with van der Waals surface area (Å²) in [7, 11) is 0. The summed E-state index contributed by atoms with van der Waals surface area (Å²) in [5, 5.41) is 20.4. The molecule has 0 aromatic rings. The van der Waals surface area contributed by atoms with Gasteiger partial charge in [0.25, 0.3) is 0 Å². The minimum atomic E-state index is -0.305. The third-order valence-electron chi connectivity index (χ3n) is 8.98. The second kappa shape index (κ2) is 5.54. The van der Waals surface area contributed by atoms with Gasteiger partial charge in [-0.25, -0.2) is 0 Å². The molecule has 0 aromatic heterocycles. The molecular weight excluding hydrogens is 300 g/mol. The van der Waals surface area contributed by atoms with Gasteiger partial charge in [-0.2, -0.15) is 0 Å². The van der Waals surface area contributed by atoms with Gasteiger partial charge in [-0.15, -0.1) is 0 Å². The molecule has 0 unspecified atom stereocenters. The zero-order valence-corrected chi connectivity index (χ0v) is 15.5. The number of Topliss-reactive ketones (excluding diaryl/α,β-unsaturated/α-hetero) is 1. The summed E-state index contributed by atoms with van der Waals surface area (Å²) in [5.41, 5.74) is 0.104. The summed E-state index contributed by atoms with van der Waals surface area (Å²) in [6.07, 6.45) is 7.56. The molecule has 3 nitrogen and oxygen atoms in total. The quantitative estimate of drug-likeness (QED) is 0.771. The number of rotatable bonds is 1. The molecule has 0 amide bonds. The predicted octanol–water partition coefficient (Wildman–Crippen LogP) is 3.57. The van der Waals surface area contributed by atoms with E-state index in [4.69, 9.17) is 0 Å². The van der Waals surface area contributed by atoms with Gasteiger partial charge in [-0.05, 0) is 86.4 Å². The summed E-state index contributed by atoms with van der Waals surface area (Å²) in [6.45, 7) is 6.55. The first-order chi connectivity index (χ1) is 11.3. The zero-order valence-electron chi connectivity index (χ0n) is 15.5. The molecule has 0 radical (unpaired) electrons. The average Bonchev–Trinajstić information content (AvgIpc) is 2.84. The van der Waals surface area contributed by atoms with Crippen molar-refractivity contribution in [2.75, 3.05) is 0 Å². The van der Waals surface area contributed by atoms with E-state index in [2.05, 4.69) is 13.8 Å². The molecule has 24 heavy (non-hydrogen) atoms. The maximum Gasteiger partial charge on any atom is 0.137 e. The Labute approximate surface area is 146 Å². The molecule has 0 aromatic carbocycles. The third-order valence-corrected chi connectivity index (χ3v) is 8.98. The van der Waals surface area contributed by atoms with Gasteiger partial charge in [0, 0.05) is 12.3 Å². The number of carbonyl (C=O) groups is 1. The van der Waals surface area contributed by atoms with Crippen LogP contribution in [0.1, 0.15) is 72.1 Å². The van der Waals surface area contributed by atoms with Crippen LogP contribution in [-0.2, 0) is 4.79 Å². The van der Waals surface area contributed by atoms with Crippen LogP contribution < -0.4 is 0 Å². The number of aliphatic hydroxyl groups is 2. The Morgan fingerprint density at radius 3 is 2.54 bits per heavy atom. The monoisotopic (exact) mass is 334 g/mol. The van der Waals surface area contributed by atoms with Crippen molar-refractivity contribution in [3.8, 4) is 0 Å². The topological polar surface area (TPSA) is 57.5 Å². The SMILES string of the molecule is C[C@H](O)[C@@H]1CC[C@@H]2[C@H]3CC[C@H]4C[C@@H](O)CC[C@]4(C)[C@@H]3C(=O)C[C@@]21C. The lowest BCUT2D eigenvalue weighted by Crippen LogP contribution is -2.58. The van der Waals surface area contributed by atoms with Gasteiger partial charge in [0.15, 0.2) is 0 Å². The lowest BCUT2D eigenvalue weighted by atomic mass is 9.44. The van der Waals surface area contributed by atoms with Crippen molar-refractivity contribution in [1.82, 2.24) is 0 Å². The summed E-state index contributed by atoms with van der Waals surface area (Å²) < 4.78 is 0. The minimum Gasteiger partial charge on any atom is -0.393 e. The molecule has 4 rings (SSSR count). The molecular formula is C21H34O3. The highest BCUT2D eigenvalue weighted by Gasteiger charge is 2.63. The number of fused-ring (bicyclic) bond motifs is 5. The largest absolute Gasteiger partial charge is 0.393 e. The Hall–Kier alpha value is -0.410. The van der Waals surface area contributed by atoms with E-state index in [0.29, 0.717) is 30.0 Å². The van der Waals surface area contributed by atoms with Crippen LogP contribution in [0.2, 0.25) is 0 Å². The van der Waals surface area contributed by atoms with E-state index in [0.717, 1.165) is 32.1 Å². The Bertz CT molecular complexity index is 529. The van der Waals surface area contributed by atoms with Crippen LogP contribution in [0.15, 0.2) is 0 Å². The second-order valence-corrected chi connectivity index (χ2v) is 10.0. The van der Waals surface area contributed by atoms with E-state index < -0.39 is 0 Å². The Balaban J connectivity index is 1.67. The van der Waals surface area contributed by atoms with Gasteiger partial charge < -0.3 is 10.2 Å². The van der Waals surface area contributed by atoms with Crippen LogP contribution >= 0.6 is 0 Å². The van der Waals surface area contributed by atoms with Crippen molar-refractivity contribution < 1.29 is 15.0 Å². The number of hydrogen-bond donors (Lipinski definition) is 2. The summed E-state index contributed by atoms with van der Waals surface area (Å²) >= 11 is 0. The summed E-state index contributed by atoms with van der Waals surface area (Å²) in [5.74, 6) is 2.58. The third kappa shape index (κ3) is 2.19. The molecule has 9 atom stereocenters. The van der Waals surface area contributed by atoms with E-state index in [1.54, 1.807) is 0 Å². The molecule has 0 heterocycles. The Morgan fingerprint density at radius 1 is 1.08 bits per heavy atom. The first-order valence-electron chi connectivity index (χ1n) is 10.2. The van der Waals surface area contributed by atoms with Crippen molar-refractivity contribution in [3.63, 3.8) is 0 Å². The standard InChI is InChI=1S/C21H34O3/c1-12(22)16-6-7-17-15-5-4-13-10-14(23)8-9-20(13,2)19(15)18(24)11-21(16,17)3/h12-17,19,22-23H,4-11H2,1-3H3/t12-,13-,14-,15+,16-,17+,19-,20-,21+/m0/s1. The Morgan fingerprint density at radius 2 is 1.83 bits per heavy atom. The zero-order chi connectivity index (χ0) is 17.3. The van der Waals surface area contributed by atoms with Crippen molar-refractivity contribution in [2.45, 2.75) is 84.3 Å². The smallest absolute Gasteiger partial charge is 0.137 e. The first-order valence-corrected chi connectivity index (χ1v) is 10.2. The Kier molecular flexibility index (Phi) is 3.93. The van der Waals surface area contributed by atoms with E-state index in [1.807, 2.05) is 6.92 Å². The maximum atomic E-state index is 13.3. The molecule has 4 aliphatic carbocycles. The van der Waals surface area contributed by atoms with Crippen LogP contribution in [0.25, 0.3) is 0 Å². The second-order valence-electron chi connectivity index (χ2n) is 10.0. The lowest BCUT2D eigenvalue weighted by molar-refractivity contribution is -0.163. The molecule has 4 fully saturated rings. The minimum absolute atomic E-state index is 0.00376. The van der Waals surface area contributed by atoms with Crippen LogP contribution in [0.4, 0.5) is 0 Å². The maximum absolute atomic E-state index is 13.3. The molecule has 0 bridgehead atoms. The van der Waals surface area contributed by atoms with E-state index in [-0.39, 0.29) is 34.9 Å². The van der Waals surface area contributed by atoms with E-state index >= 15 is 0 Å². The highest BCUT2D eigenvalue weighted by atomic mass is 16.3. The van der Waals surface area contributed by atoms with Crippen LogP contribution in [0.3, 0.4) is 0 Å². The summed E-state index contributed by atoms with van der Waals surface area (Å²) in [4.78, 5) is 13.3. The summed E-state index contributed by atoms with van der Waals surface area (Å²) in [6, 6.07) is 0. The lowest BCUT2D eigenvalue weighted by Gasteiger charge is -2.60. The van der Waals surface area contributed by atoms with Crippen LogP contribution in [0.5, 0.6) is 0 Å². The average molecular weight is 335 g/mol. The fourth-order valence-corrected chi connectivity index (χ4v) is 7.88. The molecule has 136 valence electrons. The number of ketones is 1. The van der Waals surface area contributed by atoms with E-state index in [9.17, 15) is 15.0 Å². The van der Waals surface area contributed by atoms with Gasteiger partial charge in [0.05, 0.1) is 12.2 Å². The molecule has 0 spiro atoms. The number of carbonyl (C=O) groups excluding carboxylic acids is 1. The molecule has 3 heteroatoms. The van der Waals surface area contributed by atoms with Crippen molar-refractivity contribution in [3.05, 3.63) is 0 Å². The van der Waals surface area contributed by atoms with Gasteiger partial charge in [-0.1, -0.05) is 13.8 Å². The van der Waals surface area contributed by atoms with Gasteiger partial charge in [-0.3, -0.25) is 4.79 Å². The number of hydrogen-bond acceptors (Lipinski definition) is 3. The molecule has 4 aliphatic rings. The first kappa shape index (κ1) is 17.0. The fourth-order valence-electron chi connectivity index (χ4n) is 7.88. The molecule has 4 saturated carbocycles. The van der Waals surface area contributed by atoms with Crippen LogP contribution in [0, 0.1) is 40.4 Å². The molecule has 0 saturated heterocycles. The number of aliphatic hydroxyl groups excluding tert-OH is 2. The normalized spacial score (nSPS) is 55.5. The van der Waals surface area contributed by atoms with Gasteiger partial charge in [0.2, 0.25) is 0 Å². The van der Waals surface area contributed by atoms with Crippen LogP contribution in [-0.4, -0.2) is 28.2 Å². The fraction of sp³-hybridized carbons (Fsp3) is 0.952. The predicted molar refractivity (Wildman–Crippen MR) is 93.3 cm³/mol. The van der Waals surface area contributed by atoms with Crippen molar-refractivity contribution >= 4 is 5.78 Å². The van der Waals surface area contributed by atoms with Gasteiger partial charge in [0.1, 0.15) is 5.78 Å². The molecule has 2 N–H and O–H groups in total. The molecule has 0 aliphatic heterocycles. The van der Waals surface area contributed by atoms with Crippen molar-refractivity contribution in [2.24, 2.45) is 40.4 Å².